The van der Waals surface area contributed by atoms with Gasteiger partial charge >= 0.3 is 0 Å². The summed E-state index contributed by atoms with van der Waals surface area (Å²) in [5, 5.41) is 10.7. The number of carbonyl (C=O) groups is 3. The number of rotatable bonds is 17. The van der Waals surface area contributed by atoms with Crippen LogP contribution in [0.2, 0.25) is 18.1 Å². The largest absolute Gasteiger partial charge is 0.494 e. The fraction of sp³-hybridized carbons (Fsp3) is 0.417. The Hall–Kier alpha value is -5.35. The van der Waals surface area contributed by atoms with E-state index in [0.717, 1.165) is 0 Å². The molecule has 0 spiro atoms. The van der Waals surface area contributed by atoms with Crippen LogP contribution in [0.5, 0.6) is 11.5 Å². The first kappa shape index (κ1) is 39.4. The highest BCUT2D eigenvalue weighted by Gasteiger charge is 2.36. The summed E-state index contributed by atoms with van der Waals surface area (Å²) < 4.78 is 21.3. The van der Waals surface area contributed by atoms with E-state index in [1.807, 2.05) is 26.0 Å². The first-order chi connectivity index (χ1) is 24.5. The maximum Gasteiger partial charge on any atom is 0.276 e. The standard InChI is InChI=1S/C36H51N9O6Si/c1-9-45-27(17-22(2)43-45)34(48)42-35-41-26-19-24(33(39)47)21-29(49-6)31(26)44(35)14-11-10-13-40-30-25(37)18-23(32(38)46)20-28(30)50-15-12-16-51-52(7,8)36(3,4)5/h10-11,17-21,40H,9,12-16,37H2,1-8H3,(H2,38,46)(H2,39,47)(H,41,42,48)/b11-10+. The lowest BCUT2D eigenvalue weighted by Gasteiger charge is -2.36. The van der Waals surface area contributed by atoms with E-state index < -0.39 is 26.0 Å². The Bertz CT molecular complexity index is 1980. The number of amides is 3. The number of fused-ring (bicyclic) bond motifs is 1. The third kappa shape index (κ3) is 9.11. The van der Waals surface area contributed by atoms with E-state index in [1.54, 1.807) is 27.4 Å². The monoisotopic (exact) mass is 733 g/mol. The quantitative estimate of drug-likeness (QED) is 0.0421. The van der Waals surface area contributed by atoms with E-state index in [0.29, 0.717) is 78.0 Å². The van der Waals surface area contributed by atoms with Crippen LogP contribution in [-0.2, 0) is 17.5 Å². The van der Waals surface area contributed by atoms with Crippen LogP contribution < -0.4 is 37.3 Å². The lowest BCUT2D eigenvalue weighted by Crippen LogP contribution is -2.41. The highest BCUT2D eigenvalue weighted by atomic mass is 28.4. The maximum atomic E-state index is 13.4. The van der Waals surface area contributed by atoms with E-state index >= 15 is 0 Å². The number of anilines is 3. The number of allylic oxidation sites excluding steroid dienone is 1. The molecule has 2 aromatic carbocycles. The molecule has 0 atom stereocenters. The average molecular weight is 734 g/mol. The number of nitrogens with zero attached hydrogens (tertiary/aromatic N) is 4. The molecule has 52 heavy (non-hydrogen) atoms. The molecular weight excluding hydrogens is 683 g/mol. The number of nitrogens with two attached hydrogens (primary N) is 3. The van der Waals surface area contributed by atoms with Crippen LogP contribution in [0, 0.1) is 6.92 Å². The molecule has 0 aliphatic carbocycles. The molecule has 280 valence electrons. The predicted octanol–water partition coefficient (Wildman–Crippen LogP) is 5.06. The molecule has 0 unspecified atom stereocenters. The van der Waals surface area contributed by atoms with Gasteiger partial charge < -0.3 is 41.0 Å². The number of primary amides is 2. The lowest BCUT2D eigenvalue weighted by molar-refractivity contribution is 0.0991. The zero-order chi connectivity index (χ0) is 38.4. The molecule has 4 rings (SSSR count). The number of aryl methyl sites for hydroxylation is 2. The van der Waals surface area contributed by atoms with Crippen molar-refractivity contribution in [1.82, 2.24) is 19.3 Å². The molecule has 0 saturated carbocycles. The maximum absolute atomic E-state index is 13.4. The van der Waals surface area contributed by atoms with Gasteiger partial charge in [-0.2, -0.15) is 5.10 Å². The third-order valence-electron chi connectivity index (χ3n) is 9.05. The van der Waals surface area contributed by atoms with Gasteiger partial charge in [0.25, 0.3) is 5.91 Å². The van der Waals surface area contributed by atoms with E-state index in [-0.39, 0.29) is 28.7 Å². The molecule has 0 aliphatic heterocycles. The van der Waals surface area contributed by atoms with Crippen LogP contribution in [0.25, 0.3) is 11.0 Å². The fourth-order valence-corrected chi connectivity index (χ4v) is 6.32. The van der Waals surface area contributed by atoms with E-state index in [1.165, 1.54) is 19.2 Å². The molecular formula is C36H51N9O6Si. The zero-order valence-corrected chi connectivity index (χ0v) is 32.3. The average Bonchev–Trinajstić information content (AvgIpc) is 3.63. The molecule has 4 aromatic rings. The smallest absolute Gasteiger partial charge is 0.276 e. The number of hydrogen-bond acceptors (Lipinski definition) is 10. The van der Waals surface area contributed by atoms with Crippen molar-refractivity contribution in [3.63, 3.8) is 0 Å². The summed E-state index contributed by atoms with van der Waals surface area (Å²) in [6, 6.07) is 7.87. The minimum atomic E-state index is -1.89. The van der Waals surface area contributed by atoms with Gasteiger partial charge in [0.15, 0.2) is 8.32 Å². The van der Waals surface area contributed by atoms with Crippen molar-refractivity contribution in [3.05, 3.63) is 65.0 Å². The Labute approximate surface area is 305 Å². The summed E-state index contributed by atoms with van der Waals surface area (Å²) in [5.41, 5.74) is 20.8. The Morgan fingerprint density at radius 3 is 2.29 bits per heavy atom. The Morgan fingerprint density at radius 2 is 1.65 bits per heavy atom. The number of imidazole rings is 1. The highest BCUT2D eigenvalue weighted by Crippen LogP contribution is 2.37. The summed E-state index contributed by atoms with van der Waals surface area (Å²) in [6.07, 6.45) is 4.39. The molecule has 3 amide bonds. The molecule has 16 heteroatoms. The van der Waals surface area contributed by atoms with Crippen molar-refractivity contribution in [3.8, 4) is 11.5 Å². The van der Waals surface area contributed by atoms with Crippen LogP contribution in [-0.4, -0.2) is 72.2 Å². The van der Waals surface area contributed by atoms with Crippen LogP contribution in [0.15, 0.2) is 42.5 Å². The number of carbonyl (C=O) groups excluding carboxylic acids is 3. The zero-order valence-electron chi connectivity index (χ0n) is 31.3. The van der Waals surface area contributed by atoms with Gasteiger partial charge in [0, 0.05) is 43.8 Å². The molecule has 0 fully saturated rings. The van der Waals surface area contributed by atoms with Crippen molar-refractivity contribution < 1.29 is 28.3 Å². The topological polar surface area (TPSA) is 217 Å². The first-order valence-electron chi connectivity index (χ1n) is 17.1. The molecule has 0 bridgehead atoms. The molecule has 2 heterocycles. The lowest BCUT2D eigenvalue weighted by atomic mass is 10.1. The van der Waals surface area contributed by atoms with Crippen molar-refractivity contribution in [2.24, 2.45) is 11.5 Å². The van der Waals surface area contributed by atoms with Crippen molar-refractivity contribution in [1.29, 1.82) is 0 Å². The number of methoxy groups -OCH3 is 1. The minimum absolute atomic E-state index is 0.0994. The highest BCUT2D eigenvalue weighted by molar-refractivity contribution is 6.74. The molecule has 2 aromatic heterocycles. The Balaban J connectivity index is 1.54. The number of ether oxygens (including phenoxy) is 2. The summed E-state index contributed by atoms with van der Waals surface area (Å²) in [7, 11) is -0.415. The van der Waals surface area contributed by atoms with Crippen LogP contribution in [0.1, 0.15) is 71.0 Å². The van der Waals surface area contributed by atoms with Gasteiger partial charge in [0.2, 0.25) is 17.8 Å². The second kappa shape index (κ2) is 16.3. The molecule has 0 saturated heterocycles. The number of nitrogen functional groups attached to an aromatic ring is 1. The molecule has 15 nitrogen and oxygen atoms in total. The normalized spacial score (nSPS) is 12.0. The molecule has 8 N–H and O–H groups in total. The SMILES string of the molecule is CCn1nc(C)cc1C(=O)Nc1nc2cc(C(N)=O)cc(OC)c2n1C/C=C/CNc1c(N)cc(C(N)=O)cc1OCCCO[Si](C)(C)C(C)(C)C. The van der Waals surface area contributed by atoms with E-state index in [2.05, 4.69) is 54.6 Å². The van der Waals surface area contributed by atoms with Crippen molar-refractivity contribution in [2.45, 2.75) is 72.3 Å². The number of benzene rings is 2. The van der Waals surface area contributed by atoms with Gasteiger partial charge in [-0.3, -0.25) is 24.4 Å². The van der Waals surface area contributed by atoms with Gasteiger partial charge in [-0.1, -0.05) is 32.9 Å². The summed E-state index contributed by atoms with van der Waals surface area (Å²) >= 11 is 0. The number of hydrogen-bond donors (Lipinski definition) is 5. The molecule has 0 aliphatic rings. The fourth-order valence-electron chi connectivity index (χ4n) is 5.23. The summed E-state index contributed by atoms with van der Waals surface area (Å²) in [5.74, 6) is -0.658. The Morgan fingerprint density at radius 1 is 0.981 bits per heavy atom. The summed E-state index contributed by atoms with van der Waals surface area (Å²) in [6.45, 7) is 16.7. The number of aromatic nitrogens is 4. The Kier molecular flexibility index (Phi) is 12.4. The van der Waals surface area contributed by atoms with Crippen molar-refractivity contribution >= 4 is 54.4 Å². The summed E-state index contributed by atoms with van der Waals surface area (Å²) in [4.78, 5) is 42.1. The van der Waals surface area contributed by atoms with Crippen LogP contribution in [0.4, 0.5) is 17.3 Å². The van der Waals surface area contributed by atoms with Crippen LogP contribution in [0.3, 0.4) is 0 Å². The first-order valence-corrected chi connectivity index (χ1v) is 20.0. The van der Waals surface area contributed by atoms with Gasteiger partial charge in [-0.15, -0.1) is 0 Å². The van der Waals surface area contributed by atoms with Crippen molar-refractivity contribution in [2.75, 3.05) is 43.2 Å². The van der Waals surface area contributed by atoms with E-state index in [4.69, 9.17) is 31.1 Å². The van der Waals surface area contributed by atoms with Crippen LogP contribution >= 0.6 is 0 Å². The molecule has 0 radical (unpaired) electrons. The van der Waals surface area contributed by atoms with E-state index in [9.17, 15) is 14.4 Å². The number of nitrogens with one attached hydrogen (secondary N) is 2. The van der Waals surface area contributed by atoms with Gasteiger partial charge in [0.1, 0.15) is 28.4 Å². The second-order valence-corrected chi connectivity index (χ2v) is 18.7. The minimum Gasteiger partial charge on any atom is -0.494 e. The van der Waals surface area contributed by atoms with Gasteiger partial charge in [-0.25, -0.2) is 4.98 Å². The van der Waals surface area contributed by atoms with Gasteiger partial charge in [-0.05, 0) is 62.3 Å². The second-order valence-electron chi connectivity index (χ2n) is 13.9. The third-order valence-corrected chi connectivity index (χ3v) is 13.6. The predicted molar refractivity (Wildman–Crippen MR) is 206 cm³/mol. The van der Waals surface area contributed by atoms with Gasteiger partial charge in [0.05, 0.1) is 30.6 Å².